The summed E-state index contributed by atoms with van der Waals surface area (Å²) >= 11 is 0. The minimum Gasteiger partial charge on any atom is -0.437 e. The summed E-state index contributed by atoms with van der Waals surface area (Å²) in [6, 6.07) is 6.71. The third kappa shape index (κ3) is 7.88. The Morgan fingerprint density at radius 1 is 1.17 bits per heavy atom. The molecular weight excluding hydrogens is 533 g/mol. The highest BCUT2D eigenvalue weighted by Gasteiger charge is 2.21. The van der Waals surface area contributed by atoms with Crippen molar-refractivity contribution >= 4 is 35.5 Å². The minimum atomic E-state index is -0.952. The molecule has 3 aromatic rings. The smallest absolute Gasteiger partial charge is 0.376 e. The number of morpholine rings is 1. The van der Waals surface area contributed by atoms with Crippen molar-refractivity contribution in [3.8, 4) is 0 Å². The van der Waals surface area contributed by atoms with Crippen molar-refractivity contribution in [3.05, 3.63) is 59.3 Å². The number of carbonyl (C=O) groups is 1. The van der Waals surface area contributed by atoms with E-state index in [1.54, 1.807) is 49.0 Å². The molecule has 41 heavy (non-hydrogen) atoms. The molecule has 2 aromatic carbocycles. The predicted molar refractivity (Wildman–Crippen MR) is 155 cm³/mol. The number of fused-ring (bicyclic) bond motifs is 1. The lowest BCUT2D eigenvalue weighted by molar-refractivity contribution is 0.0683. The second-order valence-electron chi connectivity index (χ2n) is 10.2. The number of anilines is 2. The molecule has 13 heteroatoms. The Bertz CT molecular complexity index is 1340. The first-order valence-corrected chi connectivity index (χ1v) is 13.7. The van der Waals surface area contributed by atoms with Gasteiger partial charge in [-0.2, -0.15) is 0 Å². The maximum atomic E-state index is 13.9. The van der Waals surface area contributed by atoms with Gasteiger partial charge in [0.05, 0.1) is 49.7 Å². The van der Waals surface area contributed by atoms with Crippen molar-refractivity contribution in [1.82, 2.24) is 19.7 Å². The van der Waals surface area contributed by atoms with Crippen LogP contribution < -0.4 is 10.2 Å². The number of ether oxygens (including phenoxy) is 2. The zero-order chi connectivity index (χ0) is 29.5. The highest BCUT2D eigenvalue weighted by atomic mass is 19.2. The number of aromatic nitrogens is 2. The van der Waals surface area contributed by atoms with Crippen LogP contribution in [0.2, 0.25) is 6.82 Å². The van der Waals surface area contributed by atoms with Crippen molar-refractivity contribution in [3.63, 3.8) is 0 Å². The van der Waals surface area contributed by atoms with Gasteiger partial charge in [-0.3, -0.25) is 9.78 Å². The van der Waals surface area contributed by atoms with Gasteiger partial charge in [0.2, 0.25) is 0 Å². The predicted octanol–water partition coefficient (Wildman–Crippen LogP) is 3.05. The first-order chi connectivity index (χ1) is 19.6. The summed E-state index contributed by atoms with van der Waals surface area (Å²) in [5, 5.41) is 12.8. The summed E-state index contributed by atoms with van der Waals surface area (Å²) in [6.45, 7) is 7.84. The standard InChI is InChI=1S/C28H37BF2N6O4/c1-19(33-21-5-6-23(30)24(31)17-21)22-15-20(28(38)35(3)7-11-40-12-8-36(4)29(2)39)16-25-27(22)34-26(18-32-25)37-9-13-41-14-10-37/h5-6,15-19,33,39H,7-14H2,1-4H3. The maximum Gasteiger partial charge on any atom is 0.376 e. The van der Waals surface area contributed by atoms with Crippen molar-refractivity contribution in [2.45, 2.75) is 19.8 Å². The zero-order valence-corrected chi connectivity index (χ0v) is 23.9. The number of halogens is 2. The summed E-state index contributed by atoms with van der Waals surface area (Å²) in [4.78, 5) is 28.4. The molecule has 1 unspecified atom stereocenters. The first-order valence-electron chi connectivity index (χ1n) is 13.7. The van der Waals surface area contributed by atoms with E-state index in [1.165, 1.54) is 6.07 Å². The van der Waals surface area contributed by atoms with Gasteiger partial charge in [-0.25, -0.2) is 13.8 Å². The van der Waals surface area contributed by atoms with Crippen LogP contribution in [-0.2, 0) is 9.47 Å². The minimum absolute atomic E-state index is 0.211. The summed E-state index contributed by atoms with van der Waals surface area (Å²) in [7, 11) is 2.95. The van der Waals surface area contributed by atoms with Crippen LogP contribution in [0.5, 0.6) is 0 Å². The number of hydrogen-bond donors (Lipinski definition) is 2. The van der Waals surface area contributed by atoms with Crippen molar-refractivity contribution < 1.29 is 28.1 Å². The quantitative estimate of drug-likeness (QED) is 0.251. The fourth-order valence-corrected chi connectivity index (χ4v) is 4.46. The Hall–Kier alpha value is -3.39. The lowest BCUT2D eigenvalue weighted by Gasteiger charge is -2.28. The second-order valence-corrected chi connectivity index (χ2v) is 10.2. The third-order valence-electron chi connectivity index (χ3n) is 7.16. The van der Waals surface area contributed by atoms with Gasteiger partial charge in [0.1, 0.15) is 5.82 Å². The van der Waals surface area contributed by atoms with Crippen molar-refractivity contribution in [2.75, 3.05) is 76.9 Å². The summed E-state index contributed by atoms with van der Waals surface area (Å²) < 4.78 is 38.5. The van der Waals surface area contributed by atoms with E-state index < -0.39 is 24.7 Å². The van der Waals surface area contributed by atoms with Crippen LogP contribution in [0.4, 0.5) is 20.3 Å². The Morgan fingerprint density at radius 2 is 1.90 bits per heavy atom. The fourth-order valence-electron chi connectivity index (χ4n) is 4.46. The normalized spacial score (nSPS) is 14.4. The van der Waals surface area contributed by atoms with E-state index in [2.05, 4.69) is 15.2 Å². The molecule has 220 valence electrons. The van der Waals surface area contributed by atoms with Gasteiger partial charge in [-0.15, -0.1) is 0 Å². The monoisotopic (exact) mass is 570 g/mol. The number of hydrogen-bond acceptors (Lipinski definition) is 9. The molecule has 4 rings (SSSR count). The molecule has 0 radical (unpaired) electrons. The van der Waals surface area contributed by atoms with E-state index in [0.717, 1.165) is 12.1 Å². The topological polar surface area (TPSA) is 103 Å². The van der Waals surface area contributed by atoms with Gasteiger partial charge >= 0.3 is 7.05 Å². The molecule has 0 bridgehead atoms. The number of nitrogens with zero attached hydrogens (tertiary/aromatic N) is 5. The number of amides is 1. The summed E-state index contributed by atoms with van der Waals surface area (Å²) in [5.74, 6) is -1.38. The molecular formula is C28H37BF2N6O4. The van der Waals surface area contributed by atoms with E-state index in [1.807, 2.05) is 6.92 Å². The highest BCUT2D eigenvalue weighted by molar-refractivity contribution is 6.45. The molecule has 1 atom stereocenters. The number of carbonyl (C=O) groups excluding carboxylic acids is 1. The van der Waals surface area contributed by atoms with E-state index in [4.69, 9.17) is 14.5 Å². The number of rotatable bonds is 12. The van der Waals surface area contributed by atoms with E-state index >= 15 is 0 Å². The van der Waals surface area contributed by atoms with Crippen LogP contribution in [0.25, 0.3) is 11.0 Å². The highest BCUT2D eigenvalue weighted by Crippen LogP contribution is 2.29. The number of benzene rings is 2. The maximum absolute atomic E-state index is 13.9. The second kappa shape index (κ2) is 14.0. The molecule has 1 aromatic heterocycles. The molecule has 0 aliphatic carbocycles. The van der Waals surface area contributed by atoms with Gasteiger partial charge in [0, 0.05) is 56.1 Å². The summed E-state index contributed by atoms with van der Waals surface area (Å²) in [6.07, 6.45) is 1.70. The number of nitrogens with one attached hydrogen (secondary N) is 1. The van der Waals surface area contributed by atoms with Crippen LogP contribution >= 0.6 is 0 Å². The molecule has 1 aliphatic heterocycles. The molecule has 1 amide bonds. The molecule has 2 N–H and O–H groups in total. The van der Waals surface area contributed by atoms with Gasteiger partial charge < -0.3 is 34.4 Å². The number of likely N-dealkylation sites (N-methyl/N-ethyl adjacent to an activating group) is 2. The Morgan fingerprint density at radius 3 is 2.61 bits per heavy atom. The molecule has 2 heterocycles. The van der Waals surface area contributed by atoms with Gasteiger partial charge in [-0.05, 0) is 45.1 Å². The average molecular weight is 570 g/mol. The van der Waals surface area contributed by atoms with Crippen LogP contribution in [0, 0.1) is 11.6 Å². The lowest BCUT2D eigenvalue weighted by atomic mass is 9.86. The molecule has 0 saturated carbocycles. The van der Waals surface area contributed by atoms with Crippen molar-refractivity contribution in [1.29, 1.82) is 0 Å². The van der Waals surface area contributed by atoms with E-state index in [9.17, 15) is 18.6 Å². The summed E-state index contributed by atoms with van der Waals surface area (Å²) in [5.41, 5.74) is 2.68. The molecule has 1 aliphatic rings. The Kier molecular flexibility index (Phi) is 10.4. The lowest BCUT2D eigenvalue weighted by Crippen LogP contribution is -2.36. The van der Waals surface area contributed by atoms with Crippen LogP contribution in [0.3, 0.4) is 0 Å². The molecule has 1 fully saturated rings. The van der Waals surface area contributed by atoms with E-state index in [-0.39, 0.29) is 5.91 Å². The average Bonchev–Trinajstić information content (AvgIpc) is 2.97. The molecule has 10 nitrogen and oxygen atoms in total. The van der Waals surface area contributed by atoms with Gasteiger partial charge in [-0.1, -0.05) is 0 Å². The van der Waals surface area contributed by atoms with Gasteiger partial charge in [0.15, 0.2) is 11.6 Å². The molecule has 1 saturated heterocycles. The zero-order valence-electron chi connectivity index (χ0n) is 23.9. The Labute approximate surface area is 239 Å². The fraction of sp³-hybridized carbons (Fsp3) is 0.464. The first kappa shape index (κ1) is 30.6. The van der Waals surface area contributed by atoms with Crippen LogP contribution in [-0.4, -0.2) is 104 Å². The van der Waals surface area contributed by atoms with Crippen molar-refractivity contribution in [2.24, 2.45) is 0 Å². The SMILES string of the molecule is CB(O)N(C)CCOCCN(C)C(=O)c1cc(C(C)Nc2ccc(F)c(F)c2)c2nc(N3CCOCC3)cnc2c1. The van der Waals surface area contributed by atoms with E-state index in [0.29, 0.717) is 86.3 Å². The Balaban J connectivity index is 1.57. The molecule has 0 spiro atoms. The largest absolute Gasteiger partial charge is 0.437 e. The third-order valence-corrected chi connectivity index (χ3v) is 7.16. The van der Waals surface area contributed by atoms with Crippen LogP contribution in [0.15, 0.2) is 36.5 Å². The van der Waals surface area contributed by atoms with Gasteiger partial charge in [0.25, 0.3) is 5.91 Å². The van der Waals surface area contributed by atoms with Crippen LogP contribution in [0.1, 0.15) is 28.9 Å².